The summed E-state index contributed by atoms with van der Waals surface area (Å²) in [6.45, 7) is 0.593. The van der Waals surface area contributed by atoms with Gasteiger partial charge in [-0.2, -0.15) is 15.0 Å². The maximum Gasteiger partial charge on any atom is 0.303 e. The summed E-state index contributed by atoms with van der Waals surface area (Å²) in [6.07, 6.45) is 2.39. The second-order valence-electron chi connectivity index (χ2n) is 4.27. The maximum absolute atomic E-state index is 10.5. The van der Waals surface area contributed by atoms with Crippen molar-refractivity contribution in [2.24, 2.45) is 7.05 Å². The second kappa shape index (κ2) is 5.99. The van der Waals surface area contributed by atoms with Crippen molar-refractivity contribution in [1.82, 2.24) is 15.0 Å². The lowest BCUT2D eigenvalue weighted by Crippen LogP contribution is -2.02. The van der Waals surface area contributed by atoms with Gasteiger partial charge in [-0.15, -0.1) is 0 Å². The van der Waals surface area contributed by atoms with Crippen LogP contribution in [0.15, 0.2) is 30.5 Å². The van der Waals surface area contributed by atoms with Gasteiger partial charge in [-0.1, -0.05) is 12.1 Å². The van der Waals surface area contributed by atoms with E-state index in [4.69, 9.17) is 5.11 Å². The number of carboxylic acids is 1. The molecule has 0 bridgehead atoms. The first-order valence-corrected chi connectivity index (χ1v) is 6.03. The lowest BCUT2D eigenvalue weighted by Gasteiger charge is -2.06. The molecule has 100 valence electrons. The SMILES string of the molecule is Cn1ncc(CNc2cccc(CCC(=O)O)c2)n1. The third kappa shape index (κ3) is 4.09. The summed E-state index contributed by atoms with van der Waals surface area (Å²) in [4.78, 5) is 12.1. The van der Waals surface area contributed by atoms with Gasteiger partial charge in [-0.05, 0) is 24.1 Å². The fourth-order valence-corrected chi connectivity index (χ4v) is 1.75. The standard InChI is InChI=1S/C13H16N4O2/c1-17-15-9-12(16-17)8-14-11-4-2-3-10(7-11)5-6-13(18)19/h2-4,7,9,14H,5-6,8H2,1H3,(H,18,19). The van der Waals surface area contributed by atoms with Crippen molar-refractivity contribution in [2.45, 2.75) is 19.4 Å². The van der Waals surface area contributed by atoms with Crippen LogP contribution in [0.5, 0.6) is 0 Å². The summed E-state index contributed by atoms with van der Waals surface area (Å²) in [5, 5.41) is 20.1. The van der Waals surface area contributed by atoms with Gasteiger partial charge < -0.3 is 10.4 Å². The summed E-state index contributed by atoms with van der Waals surface area (Å²) in [7, 11) is 1.77. The zero-order valence-electron chi connectivity index (χ0n) is 10.7. The molecular weight excluding hydrogens is 244 g/mol. The molecule has 2 aromatic rings. The number of nitrogens with zero attached hydrogens (tertiary/aromatic N) is 3. The van der Waals surface area contributed by atoms with E-state index in [0.29, 0.717) is 13.0 Å². The molecule has 2 N–H and O–H groups in total. The molecule has 0 unspecified atom stereocenters. The van der Waals surface area contributed by atoms with E-state index in [-0.39, 0.29) is 6.42 Å². The molecule has 0 saturated carbocycles. The van der Waals surface area contributed by atoms with E-state index in [9.17, 15) is 4.79 Å². The molecule has 6 nitrogen and oxygen atoms in total. The van der Waals surface area contributed by atoms with Gasteiger partial charge in [-0.25, -0.2) is 0 Å². The molecule has 1 aromatic carbocycles. The highest BCUT2D eigenvalue weighted by molar-refractivity contribution is 5.67. The molecule has 0 radical (unpaired) electrons. The van der Waals surface area contributed by atoms with Gasteiger partial charge in [0.25, 0.3) is 0 Å². The van der Waals surface area contributed by atoms with E-state index in [1.165, 1.54) is 4.80 Å². The fraction of sp³-hybridized carbons (Fsp3) is 0.308. The van der Waals surface area contributed by atoms with Crippen LogP contribution in [0.2, 0.25) is 0 Å². The number of anilines is 1. The Morgan fingerprint density at radius 3 is 3.00 bits per heavy atom. The van der Waals surface area contributed by atoms with Crippen LogP contribution in [0.3, 0.4) is 0 Å². The Morgan fingerprint density at radius 2 is 2.32 bits per heavy atom. The number of rotatable bonds is 6. The number of hydrogen-bond acceptors (Lipinski definition) is 4. The quantitative estimate of drug-likeness (QED) is 0.821. The molecule has 0 fully saturated rings. The van der Waals surface area contributed by atoms with Gasteiger partial charge in [0.05, 0.1) is 12.7 Å². The monoisotopic (exact) mass is 260 g/mol. The Kier molecular flexibility index (Phi) is 4.12. The number of aliphatic carboxylic acids is 1. The van der Waals surface area contributed by atoms with Crippen molar-refractivity contribution in [3.63, 3.8) is 0 Å². The highest BCUT2D eigenvalue weighted by Gasteiger charge is 2.01. The Morgan fingerprint density at radius 1 is 1.47 bits per heavy atom. The molecule has 2 rings (SSSR count). The van der Waals surface area contributed by atoms with Gasteiger partial charge in [0.2, 0.25) is 0 Å². The number of carboxylic acid groups (broad SMARTS) is 1. The lowest BCUT2D eigenvalue weighted by atomic mass is 10.1. The fourth-order valence-electron chi connectivity index (χ4n) is 1.75. The Hall–Kier alpha value is -2.37. The Balaban J connectivity index is 1.93. The summed E-state index contributed by atoms with van der Waals surface area (Å²) >= 11 is 0. The molecule has 0 saturated heterocycles. The number of aryl methyl sites for hydroxylation is 2. The van der Waals surface area contributed by atoms with Crippen molar-refractivity contribution in [3.05, 3.63) is 41.7 Å². The zero-order chi connectivity index (χ0) is 13.7. The minimum Gasteiger partial charge on any atom is -0.481 e. The topological polar surface area (TPSA) is 80.0 Å². The highest BCUT2D eigenvalue weighted by atomic mass is 16.4. The lowest BCUT2D eigenvalue weighted by molar-refractivity contribution is -0.136. The van der Waals surface area contributed by atoms with Crippen molar-refractivity contribution >= 4 is 11.7 Å². The summed E-state index contributed by atoms with van der Waals surface area (Å²) in [5.41, 5.74) is 2.82. The highest BCUT2D eigenvalue weighted by Crippen LogP contribution is 2.13. The first-order chi connectivity index (χ1) is 9.13. The number of benzene rings is 1. The van der Waals surface area contributed by atoms with Crippen molar-refractivity contribution in [1.29, 1.82) is 0 Å². The summed E-state index contributed by atoms with van der Waals surface area (Å²) in [6, 6.07) is 7.74. The van der Waals surface area contributed by atoms with E-state index in [2.05, 4.69) is 15.5 Å². The Labute approximate surface area is 111 Å². The van der Waals surface area contributed by atoms with E-state index in [1.54, 1.807) is 13.2 Å². The molecule has 0 atom stereocenters. The Bertz CT molecular complexity index is 565. The van der Waals surface area contributed by atoms with Crippen LogP contribution < -0.4 is 5.32 Å². The zero-order valence-corrected chi connectivity index (χ0v) is 10.7. The number of carbonyl (C=O) groups is 1. The smallest absolute Gasteiger partial charge is 0.303 e. The molecule has 19 heavy (non-hydrogen) atoms. The van der Waals surface area contributed by atoms with E-state index in [1.807, 2.05) is 24.3 Å². The van der Waals surface area contributed by atoms with Gasteiger partial charge in [0.1, 0.15) is 5.69 Å². The average molecular weight is 260 g/mol. The summed E-state index contributed by atoms with van der Waals surface area (Å²) < 4.78 is 0. The largest absolute Gasteiger partial charge is 0.481 e. The van der Waals surface area contributed by atoms with Crippen LogP contribution in [0, 0.1) is 0 Å². The van der Waals surface area contributed by atoms with Gasteiger partial charge in [0.15, 0.2) is 0 Å². The molecule has 0 aliphatic heterocycles. The van der Waals surface area contributed by atoms with Crippen LogP contribution in [0.1, 0.15) is 17.7 Å². The third-order valence-electron chi connectivity index (χ3n) is 2.68. The first kappa shape index (κ1) is 13.1. The number of hydrogen-bond donors (Lipinski definition) is 2. The van der Waals surface area contributed by atoms with Crippen molar-refractivity contribution in [3.8, 4) is 0 Å². The van der Waals surface area contributed by atoms with Crippen LogP contribution in [-0.4, -0.2) is 26.1 Å². The molecule has 0 amide bonds. The predicted molar refractivity (Wildman–Crippen MR) is 70.7 cm³/mol. The van der Waals surface area contributed by atoms with Crippen LogP contribution in [-0.2, 0) is 24.8 Å². The summed E-state index contributed by atoms with van der Waals surface area (Å²) in [5.74, 6) is -0.780. The molecule has 1 heterocycles. The van der Waals surface area contributed by atoms with Crippen LogP contribution in [0.4, 0.5) is 5.69 Å². The normalized spacial score (nSPS) is 10.4. The van der Waals surface area contributed by atoms with E-state index >= 15 is 0 Å². The minimum absolute atomic E-state index is 0.146. The first-order valence-electron chi connectivity index (χ1n) is 6.03. The minimum atomic E-state index is -0.780. The van der Waals surface area contributed by atoms with Gasteiger partial charge in [-0.3, -0.25) is 4.79 Å². The van der Waals surface area contributed by atoms with Gasteiger partial charge >= 0.3 is 5.97 Å². The average Bonchev–Trinajstić information content (AvgIpc) is 2.80. The van der Waals surface area contributed by atoms with Crippen LogP contribution in [0.25, 0.3) is 0 Å². The van der Waals surface area contributed by atoms with Crippen molar-refractivity contribution in [2.75, 3.05) is 5.32 Å². The van der Waals surface area contributed by atoms with Gasteiger partial charge in [0, 0.05) is 19.2 Å². The maximum atomic E-state index is 10.5. The molecule has 0 aliphatic carbocycles. The molecular formula is C13H16N4O2. The van der Waals surface area contributed by atoms with E-state index < -0.39 is 5.97 Å². The number of aromatic nitrogens is 3. The second-order valence-corrected chi connectivity index (χ2v) is 4.27. The van der Waals surface area contributed by atoms with Crippen molar-refractivity contribution < 1.29 is 9.90 Å². The number of nitrogens with one attached hydrogen (secondary N) is 1. The predicted octanol–water partition coefficient (Wildman–Crippen LogP) is 1.44. The van der Waals surface area contributed by atoms with E-state index in [0.717, 1.165) is 16.9 Å². The van der Waals surface area contributed by atoms with Crippen LogP contribution >= 0.6 is 0 Å². The molecule has 0 aliphatic rings. The third-order valence-corrected chi connectivity index (χ3v) is 2.68. The molecule has 1 aromatic heterocycles. The molecule has 0 spiro atoms. The molecule has 6 heteroatoms.